The zero-order valence-electron chi connectivity index (χ0n) is 15.1. The second-order valence-corrected chi connectivity index (χ2v) is 6.50. The monoisotopic (exact) mass is 352 g/mol. The fourth-order valence-corrected chi connectivity index (χ4v) is 3.12. The van der Waals surface area contributed by atoms with Crippen molar-refractivity contribution in [2.24, 2.45) is 10.7 Å². The Bertz CT molecular complexity index is 812. The Morgan fingerprint density at radius 1 is 1.23 bits per heavy atom. The number of nitrogens with one attached hydrogen (secondary N) is 2. The summed E-state index contributed by atoms with van der Waals surface area (Å²) in [5, 5.41) is 6.03. The van der Waals surface area contributed by atoms with Crippen molar-refractivity contribution in [1.29, 1.82) is 0 Å². The lowest BCUT2D eigenvalue weighted by Crippen LogP contribution is -2.34. The van der Waals surface area contributed by atoms with Gasteiger partial charge >= 0.3 is 0 Å². The highest BCUT2D eigenvalue weighted by atomic mass is 16.5. The molecule has 0 saturated carbocycles. The topological polar surface area (TPSA) is 88.7 Å². The molecule has 0 saturated heterocycles. The Labute approximate surface area is 153 Å². The summed E-state index contributed by atoms with van der Waals surface area (Å²) in [4.78, 5) is 16.4. The fourth-order valence-electron chi connectivity index (χ4n) is 3.12. The van der Waals surface area contributed by atoms with Gasteiger partial charge in [0.15, 0.2) is 5.96 Å². The lowest BCUT2D eigenvalue weighted by molar-refractivity contribution is -0.120. The number of fused-ring (bicyclic) bond motifs is 1. The molecule has 1 unspecified atom stereocenters. The van der Waals surface area contributed by atoms with Gasteiger partial charge in [-0.3, -0.25) is 4.79 Å². The summed E-state index contributed by atoms with van der Waals surface area (Å²) in [7, 11) is 0. The van der Waals surface area contributed by atoms with E-state index < -0.39 is 0 Å². The number of rotatable bonds is 4. The second kappa shape index (κ2) is 7.91. The van der Waals surface area contributed by atoms with Gasteiger partial charge in [-0.1, -0.05) is 24.3 Å². The Kier molecular flexibility index (Phi) is 5.41. The number of nitrogens with two attached hydrogens (primary N) is 1. The summed E-state index contributed by atoms with van der Waals surface area (Å²) < 4.78 is 5.61. The first kappa shape index (κ1) is 17.8. The van der Waals surface area contributed by atoms with E-state index in [-0.39, 0.29) is 24.5 Å². The zero-order valence-corrected chi connectivity index (χ0v) is 15.1. The molecule has 1 aliphatic heterocycles. The van der Waals surface area contributed by atoms with Gasteiger partial charge < -0.3 is 21.1 Å². The van der Waals surface area contributed by atoms with E-state index in [9.17, 15) is 4.79 Å². The van der Waals surface area contributed by atoms with E-state index in [0.717, 1.165) is 34.5 Å². The fraction of sp³-hybridized carbons (Fsp3) is 0.300. The Morgan fingerprint density at radius 3 is 2.73 bits per heavy atom. The van der Waals surface area contributed by atoms with Crippen LogP contribution in [-0.2, 0) is 4.79 Å². The maximum Gasteiger partial charge on any atom is 0.242 e. The van der Waals surface area contributed by atoms with Crippen LogP contribution in [0.25, 0.3) is 0 Å². The molecule has 6 heteroatoms. The van der Waals surface area contributed by atoms with Crippen molar-refractivity contribution in [2.45, 2.75) is 26.3 Å². The molecule has 0 fully saturated rings. The molecular weight excluding hydrogens is 328 g/mol. The maximum absolute atomic E-state index is 12.2. The standard InChI is InChI=1S/C20H24N4O2/c1-13-9-14(2)11-15(10-13)23-20(21)22-12-19(25)24-17-7-8-26-18-6-4-3-5-16(17)18/h3-6,9-11,17H,7-8,12H2,1-2H3,(H,24,25)(H3,21,22,23). The minimum absolute atomic E-state index is 0.0246. The molecular formula is C20H24N4O2. The van der Waals surface area contributed by atoms with Crippen molar-refractivity contribution < 1.29 is 9.53 Å². The summed E-state index contributed by atoms with van der Waals surface area (Å²) in [6.07, 6.45) is 0.739. The van der Waals surface area contributed by atoms with Crippen LogP contribution in [-0.4, -0.2) is 25.0 Å². The van der Waals surface area contributed by atoms with Gasteiger partial charge in [0.1, 0.15) is 12.3 Å². The van der Waals surface area contributed by atoms with E-state index in [0.29, 0.717) is 6.61 Å². The van der Waals surface area contributed by atoms with Gasteiger partial charge in [0.25, 0.3) is 0 Å². The molecule has 1 heterocycles. The van der Waals surface area contributed by atoms with Crippen LogP contribution >= 0.6 is 0 Å². The highest BCUT2D eigenvalue weighted by Gasteiger charge is 2.22. The molecule has 2 aromatic carbocycles. The zero-order chi connectivity index (χ0) is 18.5. The lowest BCUT2D eigenvalue weighted by Gasteiger charge is -2.26. The molecule has 0 spiro atoms. The third-order valence-corrected chi connectivity index (χ3v) is 4.18. The van der Waals surface area contributed by atoms with Crippen LogP contribution in [0.5, 0.6) is 5.75 Å². The van der Waals surface area contributed by atoms with Crippen LogP contribution < -0.4 is 21.1 Å². The summed E-state index contributed by atoms with van der Waals surface area (Å²) in [6, 6.07) is 13.7. The molecule has 4 N–H and O–H groups in total. The van der Waals surface area contributed by atoms with Gasteiger partial charge in [-0.15, -0.1) is 0 Å². The second-order valence-electron chi connectivity index (χ2n) is 6.50. The molecule has 2 aromatic rings. The third kappa shape index (κ3) is 4.53. The van der Waals surface area contributed by atoms with Gasteiger partial charge in [-0.25, -0.2) is 4.99 Å². The molecule has 1 amide bonds. The maximum atomic E-state index is 12.2. The first-order valence-corrected chi connectivity index (χ1v) is 8.67. The van der Waals surface area contributed by atoms with E-state index in [4.69, 9.17) is 10.5 Å². The van der Waals surface area contributed by atoms with Crippen LogP contribution in [0.15, 0.2) is 47.5 Å². The number of anilines is 1. The number of ether oxygens (including phenoxy) is 1. The van der Waals surface area contributed by atoms with Crippen molar-refractivity contribution in [3.63, 3.8) is 0 Å². The average Bonchev–Trinajstić information content (AvgIpc) is 2.59. The molecule has 6 nitrogen and oxygen atoms in total. The van der Waals surface area contributed by atoms with Crippen LogP contribution in [0.4, 0.5) is 5.69 Å². The largest absolute Gasteiger partial charge is 0.493 e. The van der Waals surface area contributed by atoms with Crippen LogP contribution in [0.1, 0.15) is 29.2 Å². The lowest BCUT2D eigenvalue weighted by atomic mass is 10.0. The number of aryl methyl sites for hydroxylation is 2. The highest BCUT2D eigenvalue weighted by molar-refractivity contribution is 5.94. The molecule has 1 atom stereocenters. The first-order chi connectivity index (χ1) is 12.5. The van der Waals surface area contributed by atoms with Gasteiger partial charge in [0, 0.05) is 17.7 Å². The third-order valence-electron chi connectivity index (χ3n) is 4.18. The van der Waals surface area contributed by atoms with Crippen molar-refractivity contribution >= 4 is 17.6 Å². The number of para-hydroxylation sites is 1. The number of guanidine groups is 1. The van der Waals surface area contributed by atoms with E-state index in [1.807, 2.05) is 50.2 Å². The van der Waals surface area contributed by atoms with Gasteiger partial charge in [-0.2, -0.15) is 0 Å². The van der Waals surface area contributed by atoms with Crippen LogP contribution in [0.2, 0.25) is 0 Å². The van der Waals surface area contributed by atoms with Crippen molar-refractivity contribution in [2.75, 3.05) is 18.5 Å². The minimum Gasteiger partial charge on any atom is -0.493 e. The Morgan fingerprint density at radius 2 is 1.96 bits per heavy atom. The number of hydrogen-bond acceptors (Lipinski definition) is 3. The van der Waals surface area contributed by atoms with Crippen molar-refractivity contribution in [3.8, 4) is 5.75 Å². The quantitative estimate of drug-likeness (QED) is 0.583. The van der Waals surface area contributed by atoms with Gasteiger partial charge in [0.2, 0.25) is 5.91 Å². The van der Waals surface area contributed by atoms with E-state index in [1.54, 1.807) is 0 Å². The molecule has 0 aliphatic carbocycles. The summed E-state index contributed by atoms with van der Waals surface area (Å²) in [5.41, 5.74) is 10.0. The molecule has 3 rings (SSSR count). The normalized spacial score (nSPS) is 16.4. The van der Waals surface area contributed by atoms with E-state index >= 15 is 0 Å². The Balaban J connectivity index is 1.57. The van der Waals surface area contributed by atoms with Gasteiger partial charge in [-0.05, 0) is 43.2 Å². The summed E-state index contributed by atoms with van der Waals surface area (Å²) in [5.74, 6) is 0.873. The number of benzene rings is 2. The van der Waals surface area contributed by atoms with E-state index in [1.165, 1.54) is 0 Å². The van der Waals surface area contributed by atoms with Crippen LogP contribution in [0, 0.1) is 13.8 Å². The minimum atomic E-state index is -0.170. The average molecular weight is 352 g/mol. The molecule has 136 valence electrons. The summed E-state index contributed by atoms with van der Waals surface area (Å²) in [6.45, 7) is 4.60. The highest BCUT2D eigenvalue weighted by Crippen LogP contribution is 2.31. The van der Waals surface area contributed by atoms with E-state index in [2.05, 4.69) is 21.7 Å². The number of carbonyl (C=O) groups excluding carboxylic acids is 1. The van der Waals surface area contributed by atoms with Crippen molar-refractivity contribution in [3.05, 3.63) is 59.2 Å². The number of amides is 1. The molecule has 0 aromatic heterocycles. The smallest absolute Gasteiger partial charge is 0.242 e. The summed E-state index contributed by atoms with van der Waals surface area (Å²) >= 11 is 0. The molecule has 0 bridgehead atoms. The molecule has 0 radical (unpaired) electrons. The number of carbonyl (C=O) groups is 1. The predicted octanol–water partition coefficient (Wildman–Crippen LogP) is 2.67. The number of hydrogen-bond donors (Lipinski definition) is 3. The van der Waals surface area contributed by atoms with Gasteiger partial charge in [0.05, 0.1) is 12.6 Å². The Hall–Kier alpha value is -3.02. The van der Waals surface area contributed by atoms with Crippen molar-refractivity contribution in [1.82, 2.24) is 5.32 Å². The number of nitrogens with zero attached hydrogens (tertiary/aromatic N) is 1. The molecule has 26 heavy (non-hydrogen) atoms. The number of aliphatic imine (C=N–C) groups is 1. The first-order valence-electron chi connectivity index (χ1n) is 8.67. The SMILES string of the molecule is Cc1cc(C)cc(NC(N)=NCC(=O)NC2CCOc3ccccc32)c1. The predicted molar refractivity (Wildman–Crippen MR) is 103 cm³/mol. The van der Waals surface area contributed by atoms with Crippen LogP contribution in [0.3, 0.4) is 0 Å². The molecule has 1 aliphatic rings.